The molecule has 1 saturated heterocycles. The van der Waals surface area contributed by atoms with Crippen molar-refractivity contribution in [2.45, 2.75) is 57.3 Å². The molecule has 1 aromatic heterocycles. The topological polar surface area (TPSA) is 98.4 Å². The van der Waals surface area contributed by atoms with Crippen LogP contribution in [0, 0.1) is 0 Å². The molecule has 8 heteroatoms. The molecule has 0 unspecified atom stereocenters. The van der Waals surface area contributed by atoms with E-state index in [4.69, 9.17) is 18.6 Å². The smallest absolute Gasteiger partial charge is 0.417 e. The summed E-state index contributed by atoms with van der Waals surface area (Å²) < 4.78 is 22.9. The van der Waals surface area contributed by atoms with E-state index in [1.54, 1.807) is 26.0 Å². The number of nitrogens with zero attached hydrogens (tertiary/aromatic N) is 1. The Balaban J connectivity index is 1.48. The Kier molecular flexibility index (Phi) is 8.31. The minimum atomic E-state index is -1.92. The highest BCUT2D eigenvalue weighted by atomic mass is 16.6. The quantitative estimate of drug-likeness (QED) is 0.230. The van der Waals surface area contributed by atoms with Gasteiger partial charge in [0.15, 0.2) is 5.60 Å². The second kappa shape index (κ2) is 11.9. The molecule has 8 nitrogen and oxygen atoms in total. The van der Waals surface area contributed by atoms with Gasteiger partial charge in [-0.1, -0.05) is 84.9 Å². The molecule has 1 aliphatic rings. The van der Waals surface area contributed by atoms with Crippen molar-refractivity contribution in [2.24, 2.45) is 0 Å². The summed E-state index contributed by atoms with van der Waals surface area (Å²) in [6.07, 6.45) is -2.36. The highest BCUT2D eigenvalue weighted by Crippen LogP contribution is 2.44. The maximum absolute atomic E-state index is 14.4. The third kappa shape index (κ3) is 5.74. The zero-order chi connectivity index (χ0) is 29.9. The van der Waals surface area contributed by atoms with Crippen molar-refractivity contribution >= 4 is 12.0 Å². The number of methoxy groups -OCH3 is 1. The van der Waals surface area contributed by atoms with Crippen molar-refractivity contribution in [3.05, 3.63) is 120 Å². The molecule has 42 heavy (non-hydrogen) atoms. The molecule has 2 heterocycles. The molecule has 0 aliphatic carbocycles. The maximum Gasteiger partial charge on any atom is 0.417 e. The monoisotopic (exact) mass is 569 g/mol. The molecule has 2 amide bonds. The number of carbonyl (C=O) groups excluding carboxylic acids is 2. The summed E-state index contributed by atoms with van der Waals surface area (Å²) in [5, 5.41) is 11.6. The lowest BCUT2D eigenvalue weighted by Gasteiger charge is -2.37. The van der Waals surface area contributed by atoms with Gasteiger partial charge >= 0.3 is 6.09 Å². The van der Waals surface area contributed by atoms with Crippen LogP contribution in [0.4, 0.5) is 4.79 Å². The largest absolute Gasteiger partial charge is 0.461 e. The van der Waals surface area contributed by atoms with Gasteiger partial charge in [0.25, 0.3) is 5.91 Å². The van der Waals surface area contributed by atoms with Crippen molar-refractivity contribution in [3.63, 3.8) is 0 Å². The summed E-state index contributed by atoms with van der Waals surface area (Å²) >= 11 is 0. The summed E-state index contributed by atoms with van der Waals surface area (Å²) in [5.41, 5.74) is 0.662. The van der Waals surface area contributed by atoms with Gasteiger partial charge in [-0.3, -0.25) is 4.79 Å². The lowest BCUT2D eigenvalue weighted by Crippen LogP contribution is -2.54. The molecule has 1 fully saturated rings. The summed E-state index contributed by atoms with van der Waals surface area (Å²) in [5.74, 6) is -0.160. The normalized spacial score (nSPS) is 18.4. The number of hydrogen-bond donors (Lipinski definition) is 1. The van der Waals surface area contributed by atoms with Gasteiger partial charge in [-0.15, -0.1) is 0 Å². The van der Waals surface area contributed by atoms with Gasteiger partial charge in [0.2, 0.25) is 0 Å². The van der Waals surface area contributed by atoms with Crippen LogP contribution < -0.4 is 0 Å². The third-order valence-corrected chi connectivity index (χ3v) is 7.58. The van der Waals surface area contributed by atoms with Gasteiger partial charge in [0.05, 0.1) is 6.61 Å². The first-order chi connectivity index (χ1) is 20.1. The molecule has 3 aromatic carbocycles. The van der Waals surface area contributed by atoms with Gasteiger partial charge in [-0.2, -0.15) is 0 Å². The second-order valence-electron chi connectivity index (χ2n) is 11.1. The number of benzene rings is 3. The number of aliphatic hydroxyl groups excluding tert-OH is 1. The number of hydrogen-bond acceptors (Lipinski definition) is 7. The Morgan fingerprint density at radius 1 is 0.929 bits per heavy atom. The van der Waals surface area contributed by atoms with Crippen LogP contribution in [0.5, 0.6) is 0 Å². The van der Waals surface area contributed by atoms with E-state index >= 15 is 0 Å². The van der Waals surface area contributed by atoms with Crippen LogP contribution in [0.2, 0.25) is 0 Å². The standard InChI is InChI=1S/C34H35NO7/c1-33(2)29(26-13-9-6-10-14-26)35(32(38)42-33)31(37)34(3,30(36)28-20-19-27(41-28)22-39-4)40-21-23-15-17-25(18-16-23)24-11-7-5-8-12-24/h5-20,29-30,36H,21-22H2,1-4H3/t29-,30-,34-/m0/s1. The third-order valence-electron chi connectivity index (χ3n) is 7.58. The Bertz CT molecular complexity index is 1510. The number of amides is 2. The zero-order valence-electron chi connectivity index (χ0n) is 24.2. The molecule has 0 spiro atoms. The van der Waals surface area contributed by atoms with Crippen molar-refractivity contribution in [3.8, 4) is 11.1 Å². The number of carbonyl (C=O) groups is 2. The Morgan fingerprint density at radius 2 is 1.55 bits per heavy atom. The van der Waals surface area contributed by atoms with Crippen molar-refractivity contribution in [2.75, 3.05) is 7.11 Å². The van der Waals surface area contributed by atoms with E-state index in [1.165, 1.54) is 14.0 Å². The van der Waals surface area contributed by atoms with E-state index in [1.807, 2.05) is 84.9 Å². The fraction of sp³-hybridized carbons (Fsp3) is 0.294. The first-order valence-corrected chi connectivity index (χ1v) is 13.8. The number of aliphatic hydroxyl groups is 1. The van der Waals surface area contributed by atoms with Crippen molar-refractivity contribution in [1.82, 2.24) is 4.90 Å². The highest BCUT2D eigenvalue weighted by molar-refractivity contribution is 5.99. The lowest BCUT2D eigenvalue weighted by atomic mass is 9.88. The molecule has 4 aromatic rings. The van der Waals surface area contributed by atoms with Gasteiger partial charge < -0.3 is 23.7 Å². The lowest BCUT2D eigenvalue weighted by molar-refractivity contribution is -0.176. The van der Waals surface area contributed by atoms with Gasteiger partial charge in [0, 0.05) is 7.11 Å². The summed E-state index contributed by atoms with van der Waals surface area (Å²) in [6, 6.07) is 29.4. The van der Waals surface area contributed by atoms with Crippen LogP contribution in [-0.2, 0) is 32.2 Å². The SMILES string of the molecule is COCc1ccc([C@H](O)[C@](C)(OCc2ccc(-c3ccccc3)cc2)C(=O)N2C(=O)OC(C)(C)[C@@H]2c2ccccc2)o1. The van der Waals surface area contributed by atoms with Crippen LogP contribution in [-0.4, -0.2) is 40.3 Å². The summed E-state index contributed by atoms with van der Waals surface area (Å²) in [4.78, 5) is 28.7. The Hall–Kier alpha value is -4.24. The molecule has 0 bridgehead atoms. The minimum absolute atomic E-state index is 0.0116. The van der Waals surface area contributed by atoms with Crippen LogP contribution in [0.1, 0.15) is 55.6 Å². The molecule has 3 atom stereocenters. The molecule has 1 N–H and O–H groups in total. The van der Waals surface area contributed by atoms with E-state index in [2.05, 4.69) is 0 Å². The molecule has 1 aliphatic heterocycles. The number of imide groups is 1. The average molecular weight is 570 g/mol. The number of cyclic esters (lactones) is 1. The van der Waals surface area contributed by atoms with Crippen molar-refractivity contribution < 1.29 is 33.3 Å². The predicted octanol–water partition coefficient (Wildman–Crippen LogP) is 6.60. The fourth-order valence-electron chi connectivity index (χ4n) is 5.32. The second-order valence-corrected chi connectivity index (χ2v) is 11.1. The minimum Gasteiger partial charge on any atom is -0.461 e. The van der Waals surface area contributed by atoms with E-state index in [0.29, 0.717) is 5.76 Å². The molecular formula is C34H35NO7. The van der Waals surface area contributed by atoms with Crippen LogP contribution in [0.25, 0.3) is 11.1 Å². The molecular weight excluding hydrogens is 534 g/mol. The molecule has 218 valence electrons. The molecule has 0 saturated carbocycles. The average Bonchev–Trinajstić information content (AvgIpc) is 3.56. The maximum atomic E-state index is 14.4. The van der Waals surface area contributed by atoms with Gasteiger partial charge in [-0.05, 0) is 55.2 Å². The zero-order valence-corrected chi connectivity index (χ0v) is 24.2. The fourth-order valence-corrected chi connectivity index (χ4v) is 5.32. The van der Waals surface area contributed by atoms with Crippen LogP contribution in [0.3, 0.4) is 0 Å². The number of ether oxygens (including phenoxy) is 3. The highest BCUT2D eigenvalue weighted by Gasteiger charge is 2.57. The predicted molar refractivity (Wildman–Crippen MR) is 156 cm³/mol. The van der Waals surface area contributed by atoms with E-state index in [0.717, 1.165) is 27.2 Å². The first kappa shape index (κ1) is 29.3. The van der Waals surface area contributed by atoms with Gasteiger partial charge in [-0.25, -0.2) is 9.69 Å². The van der Waals surface area contributed by atoms with E-state index < -0.39 is 35.3 Å². The number of rotatable bonds is 10. The molecule has 0 radical (unpaired) electrons. The van der Waals surface area contributed by atoms with Crippen LogP contribution >= 0.6 is 0 Å². The van der Waals surface area contributed by atoms with E-state index in [-0.39, 0.29) is 19.0 Å². The molecule has 5 rings (SSSR count). The Labute approximate surface area is 245 Å². The van der Waals surface area contributed by atoms with Gasteiger partial charge in [0.1, 0.15) is 35.9 Å². The number of furan rings is 1. The first-order valence-electron chi connectivity index (χ1n) is 13.8. The van der Waals surface area contributed by atoms with Crippen molar-refractivity contribution in [1.29, 1.82) is 0 Å². The summed E-state index contributed by atoms with van der Waals surface area (Å²) in [7, 11) is 1.53. The Morgan fingerprint density at radius 3 is 2.19 bits per heavy atom. The van der Waals surface area contributed by atoms with Crippen LogP contribution in [0.15, 0.2) is 101 Å². The van der Waals surface area contributed by atoms with E-state index in [9.17, 15) is 14.7 Å². The summed E-state index contributed by atoms with van der Waals surface area (Å²) in [6.45, 7) is 5.15.